The summed E-state index contributed by atoms with van der Waals surface area (Å²) >= 11 is 0. The number of aromatic nitrogens is 3. The number of anilines is 2. The van der Waals surface area contributed by atoms with Gasteiger partial charge in [0.2, 0.25) is 5.91 Å². The highest BCUT2D eigenvalue weighted by molar-refractivity contribution is 5.94. The molecular formula is C20H23N5O. The molecule has 1 aliphatic heterocycles. The van der Waals surface area contributed by atoms with Gasteiger partial charge in [0, 0.05) is 13.1 Å². The van der Waals surface area contributed by atoms with Gasteiger partial charge in [0.15, 0.2) is 0 Å². The average Bonchev–Trinajstić information content (AvgIpc) is 2.88. The molecule has 4 rings (SSSR count). The van der Waals surface area contributed by atoms with Gasteiger partial charge >= 0.3 is 0 Å². The summed E-state index contributed by atoms with van der Waals surface area (Å²) in [4.78, 5) is 15.0. The van der Waals surface area contributed by atoms with Crippen LogP contribution in [-0.4, -0.2) is 34.0 Å². The van der Waals surface area contributed by atoms with Crippen LogP contribution in [0.25, 0.3) is 11.0 Å². The number of carbonyl (C=O) groups excluding carboxylic acids is 1. The predicted molar refractivity (Wildman–Crippen MR) is 103 cm³/mol. The van der Waals surface area contributed by atoms with Crippen LogP contribution >= 0.6 is 0 Å². The van der Waals surface area contributed by atoms with Crippen molar-refractivity contribution < 1.29 is 4.79 Å². The van der Waals surface area contributed by atoms with E-state index in [1.54, 1.807) is 4.68 Å². The standard InChI is InChI=1S/C20H23N5O/c26-20(15-25-19-12-6-4-10-17(19)22-23-25)21-16-9-3-5-11-18(16)24-13-7-1-2-8-14-24/h3-6,9-12H,1-2,7-8,13-15H2,(H,21,26). The van der Waals surface area contributed by atoms with Crippen molar-refractivity contribution in [2.45, 2.75) is 32.2 Å². The van der Waals surface area contributed by atoms with E-state index in [0.717, 1.165) is 35.5 Å². The quantitative estimate of drug-likeness (QED) is 0.784. The molecule has 1 aromatic heterocycles. The van der Waals surface area contributed by atoms with Gasteiger partial charge < -0.3 is 10.2 Å². The van der Waals surface area contributed by atoms with Gasteiger partial charge in [-0.2, -0.15) is 0 Å². The van der Waals surface area contributed by atoms with E-state index in [0.29, 0.717) is 0 Å². The number of amides is 1. The zero-order valence-electron chi connectivity index (χ0n) is 14.8. The fourth-order valence-corrected chi connectivity index (χ4v) is 3.53. The molecule has 6 nitrogen and oxygen atoms in total. The topological polar surface area (TPSA) is 63.1 Å². The second kappa shape index (κ2) is 7.56. The number of hydrogen-bond donors (Lipinski definition) is 1. The van der Waals surface area contributed by atoms with Crippen molar-refractivity contribution in [3.05, 3.63) is 48.5 Å². The van der Waals surface area contributed by atoms with Gasteiger partial charge in [-0.05, 0) is 37.1 Å². The van der Waals surface area contributed by atoms with Crippen molar-refractivity contribution in [2.24, 2.45) is 0 Å². The minimum Gasteiger partial charge on any atom is -0.370 e. The molecule has 0 atom stereocenters. The van der Waals surface area contributed by atoms with Crippen molar-refractivity contribution in [3.8, 4) is 0 Å². The van der Waals surface area contributed by atoms with Gasteiger partial charge in [-0.1, -0.05) is 42.3 Å². The van der Waals surface area contributed by atoms with E-state index in [9.17, 15) is 4.79 Å². The molecule has 1 fully saturated rings. The lowest BCUT2D eigenvalue weighted by Gasteiger charge is -2.25. The Balaban J connectivity index is 1.51. The smallest absolute Gasteiger partial charge is 0.246 e. The van der Waals surface area contributed by atoms with Crippen molar-refractivity contribution in [1.82, 2.24) is 15.0 Å². The second-order valence-electron chi connectivity index (χ2n) is 6.70. The molecular weight excluding hydrogens is 326 g/mol. The molecule has 0 unspecified atom stereocenters. The fraction of sp³-hybridized carbons (Fsp3) is 0.350. The summed E-state index contributed by atoms with van der Waals surface area (Å²) in [5.41, 5.74) is 3.63. The number of para-hydroxylation sites is 3. The first-order valence-corrected chi connectivity index (χ1v) is 9.23. The van der Waals surface area contributed by atoms with E-state index in [1.807, 2.05) is 42.5 Å². The molecule has 134 valence electrons. The third-order valence-corrected chi connectivity index (χ3v) is 4.84. The monoisotopic (exact) mass is 349 g/mol. The van der Waals surface area contributed by atoms with Crippen LogP contribution in [0.2, 0.25) is 0 Å². The first kappa shape index (κ1) is 16.6. The van der Waals surface area contributed by atoms with Crippen LogP contribution in [0.3, 0.4) is 0 Å². The molecule has 0 bridgehead atoms. The Morgan fingerprint density at radius 1 is 0.962 bits per heavy atom. The van der Waals surface area contributed by atoms with Gasteiger partial charge in [-0.25, -0.2) is 4.68 Å². The van der Waals surface area contributed by atoms with Crippen molar-refractivity contribution in [3.63, 3.8) is 0 Å². The van der Waals surface area contributed by atoms with Crippen molar-refractivity contribution >= 4 is 28.3 Å². The second-order valence-corrected chi connectivity index (χ2v) is 6.70. The van der Waals surface area contributed by atoms with Gasteiger partial charge in [-0.15, -0.1) is 5.10 Å². The van der Waals surface area contributed by atoms with E-state index in [1.165, 1.54) is 25.7 Å². The van der Waals surface area contributed by atoms with E-state index in [-0.39, 0.29) is 12.5 Å². The van der Waals surface area contributed by atoms with Gasteiger partial charge in [0.25, 0.3) is 0 Å². The molecule has 0 radical (unpaired) electrons. The third kappa shape index (κ3) is 3.54. The third-order valence-electron chi connectivity index (χ3n) is 4.84. The Hall–Kier alpha value is -2.89. The minimum atomic E-state index is -0.0945. The van der Waals surface area contributed by atoms with Crippen LogP contribution in [0.1, 0.15) is 25.7 Å². The fourth-order valence-electron chi connectivity index (χ4n) is 3.53. The maximum absolute atomic E-state index is 12.6. The summed E-state index contributed by atoms with van der Waals surface area (Å²) < 4.78 is 1.64. The lowest BCUT2D eigenvalue weighted by atomic mass is 10.2. The molecule has 2 heterocycles. The summed E-state index contributed by atoms with van der Waals surface area (Å²) in [6.07, 6.45) is 4.97. The minimum absolute atomic E-state index is 0.0945. The van der Waals surface area contributed by atoms with Gasteiger partial charge in [-0.3, -0.25) is 4.79 Å². The molecule has 1 aliphatic rings. The zero-order chi connectivity index (χ0) is 17.8. The van der Waals surface area contributed by atoms with Crippen molar-refractivity contribution in [2.75, 3.05) is 23.3 Å². The highest BCUT2D eigenvalue weighted by Crippen LogP contribution is 2.28. The summed E-state index contributed by atoms with van der Waals surface area (Å²) in [5.74, 6) is -0.0945. The maximum atomic E-state index is 12.6. The Bertz CT molecular complexity index is 896. The molecule has 3 aromatic rings. The first-order valence-electron chi connectivity index (χ1n) is 9.23. The highest BCUT2D eigenvalue weighted by atomic mass is 16.2. The summed E-state index contributed by atoms with van der Waals surface area (Å²) in [6.45, 7) is 2.23. The lowest BCUT2D eigenvalue weighted by molar-refractivity contribution is -0.116. The van der Waals surface area contributed by atoms with E-state index in [4.69, 9.17) is 0 Å². The molecule has 2 aromatic carbocycles. The maximum Gasteiger partial charge on any atom is 0.246 e. The Morgan fingerprint density at radius 3 is 2.54 bits per heavy atom. The largest absolute Gasteiger partial charge is 0.370 e. The molecule has 0 saturated carbocycles. The van der Waals surface area contributed by atoms with E-state index >= 15 is 0 Å². The average molecular weight is 349 g/mol. The molecule has 26 heavy (non-hydrogen) atoms. The van der Waals surface area contributed by atoms with Crippen LogP contribution in [-0.2, 0) is 11.3 Å². The van der Waals surface area contributed by atoms with Crippen LogP contribution in [0, 0.1) is 0 Å². The van der Waals surface area contributed by atoms with Crippen molar-refractivity contribution in [1.29, 1.82) is 0 Å². The molecule has 0 aliphatic carbocycles. The Kier molecular flexibility index (Phi) is 4.82. The molecule has 1 saturated heterocycles. The predicted octanol–water partition coefficient (Wildman–Crippen LogP) is 3.45. The van der Waals surface area contributed by atoms with Crippen LogP contribution in [0.4, 0.5) is 11.4 Å². The molecule has 1 amide bonds. The number of carbonyl (C=O) groups is 1. The highest BCUT2D eigenvalue weighted by Gasteiger charge is 2.15. The number of fused-ring (bicyclic) bond motifs is 1. The van der Waals surface area contributed by atoms with Crippen LogP contribution < -0.4 is 10.2 Å². The van der Waals surface area contributed by atoms with Gasteiger partial charge in [0.05, 0.1) is 16.9 Å². The number of nitrogens with zero attached hydrogens (tertiary/aromatic N) is 4. The molecule has 6 heteroatoms. The Labute approximate surface area is 152 Å². The summed E-state index contributed by atoms with van der Waals surface area (Å²) in [6, 6.07) is 15.7. The number of hydrogen-bond acceptors (Lipinski definition) is 4. The number of benzene rings is 2. The summed E-state index contributed by atoms with van der Waals surface area (Å²) in [7, 11) is 0. The Morgan fingerprint density at radius 2 is 1.69 bits per heavy atom. The lowest BCUT2D eigenvalue weighted by Crippen LogP contribution is -2.26. The van der Waals surface area contributed by atoms with E-state index in [2.05, 4.69) is 26.6 Å². The zero-order valence-corrected chi connectivity index (χ0v) is 14.8. The SMILES string of the molecule is O=C(Cn1nnc2ccccc21)Nc1ccccc1N1CCCCCC1. The van der Waals surface area contributed by atoms with E-state index < -0.39 is 0 Å². The van der Waals surface area contributed by atoms with Crippen LogP contribution in [0.5, 0.6) is 0 Å². The molecule has 1 N–H and O–H groups in total. The molecule has 0 spiro atoms. The number of nitrogens with one attached hydrogen (secondary N) is 1. The van der Waals surface area contributed by atoms with Gasteiger partial charge in [0.1, 0.15) is 12.1 Å². The first-order chi connectivity index (χ1) is 12.8. The summed E-state index contributed by atoms with van der Waals surface area (Å²) in [5, 5.41) is 11.3. The van der Waals surface area contributed by atoms with Crippen LogP contribution in [0.15, 0.2) is 48.5 Å². The normalized spacial score (nSPS) is 15.0. The number of rotatable bonds is 4.